The quantitative estimate of drug-likeness (QED) is 0.892. The second-order valence-corrected chi connectivity index (χ2v) is 5.84. The van der Waals surface area contributed by atoms with Gasteiger partial charge in [-0.25, -0.2) is 4.39 Å². The minimum atomic E-state index is -0.329. The smallest absolute Gasteiger partial charge is 0.128 e. The van der Waals surface area contributed by atoms with E-state index in [4.69, 9.17) is 17.3 Å². The van der Waals surface area contributed by atoms with Crippen LogP contribution in [0.1, 0.15) is 22.0 Å². The average molecular weight is 270 g/mol. The molecule has 0 saturated carbocycles. The Labute approximate surface area is 109 Å². The zero-order chi connectivity index (χ0) is 12.4. The molecule has 0 aliphatic rings. The summed E-state index contributed by atoms with van der Waals surface area (Å²) < 4.78 is 14.4. The van der Waals surface area contributed by atoms with Crippen LogP contribution >= 0.6 is 22.9 Å². The van der Waals surface area contributed by atoms with Crippen LogP contribution in [0.5, 0.6) is 0 Å². The molecule has 2 aromatic rings. The summed E-state index contributed by atoms with van der Waals surface area (Å²) in [6, 6.07) is 8.44. The lowest BCUT2D eigenvalue weighted by molar-refractivity contribution is 0.581. The fourth-order valence-electron chi connectivity index (χ4n) is 1.74. The molecular weight excluding hydrogens is 257 g/mol. The predicted molar refractivity (Wildman–Crippen MR) is 71.1 cm³/mol. The molecule has 0 fully saturated rings. The molecule has 1 aromatic heterocycles. The van der Waals surface area contributed by atoms with Crippen LogP contribution in [0, 0.1) is 12.7 Å². The maximum Gasteiger partial charge on any atom is 0.128 e. The minimum Gasteiger partial charge on any atom is -0.324 e. The van der Waals surface area contributed by atoms with Gasteiger partial charge in [-0.2, -0.15) is 0 Å². The standard InChI is InChI=1S/C13H13ClFNS/c1-8-2-4-11(15)10(6-8)12(16)7-9-3-5-13(14)17-9/h2-6,12H,7,16H2,1H3. The van der Waals surface area contributed by atoms with Gasteiger partial charge in [0.05, 0.1) is 4.34 Å². The Balaban J connectivity index is 2.19. The molecule has 1 aromatic carbocycles. The number of thiophene rings is 1. The average Bonchev–Trinajstić information content (AvgIpc) is 2.67. The third-order valence-electron chi connectivity index (χ3n) is 2.60. The van der Waals surface area contributed by atoms with E-state index in [1.807, 2.05) is 19.1 Å². The summed E-state index contributed by atoms with van der Waals surface area (Å²) in [4.78, 5) is 1.07. The molecule has 0 aliphatic heterocycles. The Morgan fingerprint density at radius 2 is 2.12 bits per heavy atom. The van der Waals surface area contributed by atoms with Crippen LogP contribution in [0.2, 0.25) is 4.34 Å². The predicted octanol–water partition coefficient (Wildman–Crippen LogP) is 4.09. The summed E-state index contributed by atoms with van der Waals surface area (Å²) in [5.41, 5.74) is 7.61. The fraction of sp³-hybridized carbons (Fsp3) is 0.231. The highest BCUT2D eigenvalue weighted by Crippen LogP contribution is 2.26. The van der Waals surface area contributed by atoms with E-state index in [0.717, 1.165) is 14.8 Å². The third-order valence-corrected chi connectivity index (χ3v) is 3.85. The van der Waals surface area contributed by atoms with Gasteiger partial charge in [-0.15, -0.1) is 11.3 Å². The first-order valence-electron chi connectivity index (χ1n) is 5.32. The lowest BCUT2D eigenvalue weighted by Gasteiger charge is -2.12. The molecule has 2 N–H and O–H groups in total. The number of hydrogen-bond donors (Lipinski definition) is 1. The first-order chi connectivity index (χ1) is 8.06. The third kappa shape index (κ3) is 3.06. The maximum atomic E-state index is 13.6. The van der Waals surface area contributed by atoms with E-state index in [1.165, 1.54) is 17.4 Å². The molecule has 0 spiro atoms. The monoisotopic (exact) mass is 269 g/mol. The van der Waals surface area contributed by atoms with Gasteiger partial charge in [0.25, 0.3) is 0 Å². The van der Waals surface area contributed by atoms with Crippen molar-refractivity contribution in [3.8, 4) is 0 Å². The molecule has 1 nitrogen and oxygen atoms in total. The second-order valence-electron chi connectivity index (χ2n) is 4.04. The van der Waals surface area contributed by atoms with Gasteiger partial charge >= 0.3 is 0 Å². The zero-order valence-electron chi connectivity index (χ0n) is 9.41. The van der Waals surface area contributed by atoms with E-state index in [1.54, 1.807) is 12.1 Å². The van der Waals surface area contributed by atoms with Gasteiger partial charge in [-0.1, -0.05) is 29.3 Å². The van der Waals surface area contributed by atoms with Gasteiger partial charge in [0.15, 0.2) is 0 Å². The molecule has 1 atom stereocenters. The number of benzene rings is 1. The van der Waals surface area contributed by atoms with Crippen molar-refractivity contribution in [3.63, 3.8) is 0 Å². The number of rotatable bonds is 3. The first-order valence-corrected chi connectivity index (χ1v) is 6.51. The molecule has 4 heteroatoms. The van der Waals surface area contributed by atoms with E-state index in [9.17, 15) is 4.39 Å². The summed E-state index contributed by atoms with van der Waals surface area (Å²) in [5.74, 6) is -0.245. The molecule has 0 amide bonds. The van der Waals surface area contributed by atoms with E-state index in [0.29, 0.717) is 12.0 Å². The molecule has 0 radical (unpaired) electrons. The van der Waals surface area contributed by atoms with Crippen LogP contribution in [0.4, 0.5) is 4.39 Å². The molecule has 0 bridgehead atoms. The highest BCUT2D eigenvalue weighted by Gasteiger charge is 2.13. The van der Waals surface area contributed by atoms with Gasteiger partial charge in [0, 0.05) is 22.9 Å². The second kappa shape index (κ2) is 5.17. The Hall–Kier alpha value is -0.900. The van der Waals surface area contributed by atoms with Crippen LogP contribution in [0.15, 0.2) is 30.3 Å². The van der Waals surface area contributed by atoms with E-state index < -0.39 is 0 Å². The number of hydrogen-bond acceptors (Lipinski definition) is 2. The SMILES string of the molecule is Cc1ccc(F)c(C(N)Cc2ccc(Cl)s2)c1. The van der Waals surface area contributed by atoms with Crippen molar-refractivity contribution < 1.29 is 4.39 Å². The van der Waals surface area contributed by atoms with Crippen LogP contribution in [0.25, 0.3) is 0 Å². The van der Waals surface area contributed by atoms with Crippen LogP contribution in [-0.4, -0.2) is 0 Å². The van der Waals surface area contributed by atoms with Gasteiger partial charge in [0.1, 0.15) is 5.82 Å². The Morgan fingerprint density at radius 1 is 1.35 bits per heavy atom. The lowest BCUT2D eigenvalue weighted by Crippen LogP contribution is -2.14. The molecule has 0 saturated heterocycles. The van der Waals surface area contributed by atoms with Crippen molar-refractivity contribution in [2.45, 2.75) is 19.4 Å². The minimum absolute atomic E-state index is 0.245. The number of halogens is 2. The van der Waals surface area contributed by atoms with Crippen molar-refractivity contribution in [1.82, 2.24) is 0 Å². The molecular formula is C13H13ClFNS. The van der Waals surface area contributed by atoms with Crippen molar-refractivity contribution in [1.29, 1.82) is 0 Å². The summed E-state index contributed by atoms with van der Waals surface area (Å²) in [7, 11) is 0. The van der Waals surface area contributed by atoms with Gasteiger partial charge in [0.2, 0.25) is 0 Å². The summed E-state index contributed by atoms with van der Waals surface area (Å²) in [6.07, 6.45) is 0.609. The lowest BCUT2D eigenvalue weighted by atomic mass is 10.0. The van der Waals surface area contributed by atoms with Crippen LogP contribution in [0.3, 0.4) is 0 Å². The van der Waals surface area contributed by atoms with Crippen LogP contribution in [-0.2, 0) is 6.42 Å². The molecule has 2 rings (SSSR count). The van der Waals surface area contributed by atoms with Gasteiger partial charge in [-0.05, 0) is 25.1 Å². The Morgan fingerprint density at radius 3 is 2.76 bits per heavy atom. The van der Waals surface area contributed by atoms with Crippen molar-refractivity contribution in [3.05, 3.63) is 56.5 Å². The van der Waals surface area contributed by atoms with E-state index in [-0.39, 0.29) is 11.9 Å². The van der Waals surface area contributed by atoms with Crippen molar-refractivity contribution in [2.24, 2.45) is 5.73 Å². The molecule has 0 aliphatic carbocycles. The van der Waals surface area contributed by atoms with Gasteiger partial charge in [-0.3, -0.25) is 0 Å². The largest absolute Gasteiger partial charge is 0.324 e. The Bertz CT molecular complexity index is 524. The summed E-state index contributed by atoms with van der Waals surface area (Å²) in [6.45, 7) is 1.93. The molecule has 1 heterocycles. The van der Waals surface area contributed by atoms with E-state index >= 15 is 0 Å². The highest BCUT2D eigenvalue weighted by molar-refractivity contribution is 7.16. The Kier molecular flexibility index (Phi) is 3.82. The zero-order valence-corrected chi connectivity index (χ0v) is 11.0. The van der Waals surface area contributed by atoms with Crippen molar-refractivity contribution >= 4 is 22.9 Å². The first kappa shape index (κ1) is 12.6. The summed E-state index contributed by atoms with van der Waals surface area (Å²) >= 11 is 7.33. The number of nitrogens with two attached hydrogens (primary N) is 1. The maximum absolute atomic E-state index is 13.6. The number of aryl methyl sites for hydroxylation is 1. The van der Waals surface area contributed by atoms with Crippen molar-refractivity contribution in [2.75, 3.05) is 0 Å². The molecule has 1 unspecified atom stereocenters. The highest BCUT2D eigenvalue weighted by atomic mass is 35.5. The topological polar surface area (TPSA) is 26.0 Å². The van der Waals surface area contributed by atoms with Crippen LogP contribution < -0.4 is 5.73 Å². The van der Waals surface area contributed by atoms with Gasteiger partial charge < -0.3 is 5.73 Å². The fourth-order valence-corrected chi connectivity index (χ4v) is 2.88. The van der Waals surface area contributed by atoms with E-state index in [2.05, 4.69) is 0 Å². The molecule has 17 heavy (non-hydrogen) atoms. The molecule has 90 valence electrons. The summed E-state index contributed by atoms with van der Waals surface area (Å²) in [5, 5.41) is 0. The normalized spacial score (nSPS) is 12.7.